The lowest BCUT2D eigenvalue weighted by Crippen LogP contribution is -2.37. The van der Waals surface area contributed by atoms with Crippen LogP contribution >= 0.6 is 0 Å². The molecular weight excluding hydrogens is 308 g/mol. The van der Waals surface area contributed by atoms with Crippen LogP contribution in [0.3, 0.4) is 0 Å². The number of rotatable bonds is 4. The number of hydrogen-bond donors (Lipinski definition) is 1. The molecule has 0 unspecified atom stereocenters. The maximum atomic E-state index is 5.92. The van der Waals surface area contributed by atoms with Crippen molar-refractivity contribution in [3.8, 4) is 5.88 Å². The lowest BCUT2D eigenvalue weighted by molar-refractivity contribution is 0.122. The van der Waals surface area contributed by atoms with Crippen LogP contribution in [0.1, 0.15) is 5.56 Å². The highest BCUT2D eigenvalue weighted by molar-refractivity contribution is 5.78. The number of aromatic nitrogens is 4. The van der Waals surface area contributed by atoms with E-state index in [1.165, 1.54) is 11.0 Å². The van der Waals surface area contributed by atoms with Crippen molar-refractivity contribution < 1.29 is 9.47 Å². The molecule has 1 aliphatic rings. The van der Waals surface area contributed by atoms with Crippen molar-refractivity contribution in [2.45, 2.75) is 6.61 Å². The molecule has 24 heavy (non-hydrogen) atoms. The van der Waals surface area contributed by atoms with Crippen LogP contribution in [-0.2, 0) is 11.3 Å². The molecule has 8 heteroatoms. The molecule has 3 heterocycles. The minimum absolute atomic E-state index is 0.410. The molecule has 1 aliphatic heterocycles. The smallest absolute Gasteiger partial charge is 0.247 e. The number of ether oxygens (including phenoxy) is 2. The van der Waals surface area contributed by atoms with Gasteiger partial charge in [0, 0.05) is 13.1 Å². The number of nitrogens with zero attached hydrogens (tertiary/aromatic N) is 5. The molecule has 0 aliphatic carbocycles. The van der Waals surface area contributed by atoms with E-state index in [1.54, 1.807) is 0 Å². The number of morpholine rings is 1. The van der Waals surface area contributed by atoms with E-state index < -0.39 is 0 Å². The summed E-state index contributed by atoms with van der Waals surface area (Å²) in [6.07, 6.45) is 1.51. The third-order valence-corrected chi connectivity index (χ3v) is 3.89. The number of imidazole rings is 1. The molecule has 0 amide bonds. The molecule has 1 fully saturated rings. The summed E-state index contributed by atoms with van der Waals surface area (Å²) >= 11 is 0. The highest BCUT2D eigenvalue weighted by Crippen LogP contribution is 2.24. The first-order valence-corrected chi connectivity index (χ1v) is 7.81. The molecule has 124 valence electrons. The fourth-order valence-corrected chi connectivity index (χ4v) is 2.61. The summed E-state index contributed by atoms with van der Waals surface area (Å²) in [5, 5.41) is 0. The van der Waals surface area contributed by atoms with Crippen LogP contribution in [0, 0.1) is 0 Å². The molecule has 4 rings (SSSR count). The second kappa shape index (κ2) is 6.32. The van der Waals surface area contributed by atoms with Gasteiger partial charge in [0.05, 0.1) is 13.2 Å². The molecule has 3 aromatic rings. The first-order valence-electron chi connectivity index (χ1n) is 7.81. The van der Waals surface area contributed by atoms with Crippen LogP contribution in [0.25, 0.3) is 11.2 Å². The van der Waals surface area contributed by atoms with Crippen molar-refractivity contribution in [1.82, 2.24) is 19.6 Å². The predicted molar refractivity (Wildman–Crippen MR) is 89.3 cm³/mol. The zero-order valence-electron chi connectivity index (χ0n) is 13.1. The van der Waals surface area contributed by atoms with Crippen molar-refractivity contribution >= 4 is 17.1 Å². The second-order valence-corrected chi connectivity index (χ2v) is 5.53. The Kier molecular flexibility index (Phi) is 3.87. The largest absolute Gasteiger partial charge is 0.471 e. The average molecular weight is 326 g/mol. The molecule has 8 nitrogen and oxygen atoms in total. The van der Waals surface area contributed by atoms with Crippen molar-refractivity contribution in [3.05, 3.63) is 42.2 Å². The maximum Gasteiger partial charge on any atom is 0.247 e. The van der Waals surface area contributed by atoms with Crippen LogP contribution < -0.4 is 15.5 Å². The van der Waals surface area contributed by atoms with Crippen molar-refractivity contribution in [2.24, 2.45) is 0 Å². The zero-order valence-corrected chi connectivity index (χ0v) is 13.1. The van der Waals surface area contributed by atoms with Gasteiger partial charge in [-0.1, -0.05) is 30.3 Å². The number of nitrogens with two attached hydrogens (primary N) is 1. The quantitative estimate of drug-likeness (QED) is 0.714. The molecule has 2 aromatic heterocycles. The van der Waals surface area contributed by atoms with Crippen molar-refractivity contribution in [2.75, 3.05) is 37.0 Å². The summed E-state index contributed by atoms with van der Waals surface area (Å²) < 4.78 is 12.7. The summed E-state index contributed by atoms with van der Waals surface area (Å²) in [6.45, 7) is 3.20. The first kappa shape index (κ1) is 14.7. The zero-order chi connectivity index (χ0) is 16.4. The van der Waals surface area contributed by atoms with Gasteiger partial charge in [-0.25, -0.2) is 9.66 Å². The molecule has 0 bridgehead atoms. The summed E-state index contributed by atoms with van der Waals surface area (Å²) in [5.41, 5.74) is 2.17. The number of anilines is 1. The molecular formula is C16H18N6O2. The Hall–Kier alpha value is -2.87. The van der Waals surface area contributed by atoms with E-state index in [9.17, 15) is 0 Å². The lowest BCUT2D eigenvalue weighted by atomic mass is 10.2. The fourth-order valence-electron chi connectivity index (χ4n) is 2.61. The number of fused-ring (bicyclic) bond motifs is 1. The van der Waals surface area contributed by atoms with Gasteiger partial charge in [0.1, 0.15) is 12.9 Å². The number of hydrogen-bond acceptors (Lipinski definition) is 7. The van der Waals surface area contributed by atoms with Gasteiger partial charge in [0.15, 0.2) is 11.2 Å². The van der Waals surface area contributed by atoms with Gasteiger partial charge in [0.25, 0.3) is 0 Å². The lowest BCUT2D eigenvalue weighted by Gasteiger charge is -2.26. The van der Waals surface area contributed by atoms with Crippen LogP contribution in [0.5, 0.6) is 5.88 Å². The molecule has 1 aromatic carbocycles. The Bertz CT molecular complexity index is 829. The Morgan fingerprint density at radius 3 is 2.71 bits per heavy atom. The van der Waals surface area contributed by atoms with Gasteiger partial charge >= 0.3 is 0 Å². The van der Waals surface area contributed by atoms with E-state index in [2.05, 4.69) is 19.9 Å². The third-order valence-electron chi connectivity index (χ3n) is 3.89. The maximum absolute atomic E-state index is 5.92. The summed E-state index contributed by atoms with van der Waals surface area (Å²) in [4.78, 5) is 15.4. The highest BCUT2D eigenvalue weighted by Gasteiger charge is 2.19. The van der Waals surface area contributed by atoms with Crippen molar-refractivity contribution in [3.63, 3.8) is 0 Å². The monoisotopic (exact) mass is 326 g/mol. The predicted octanol–water partition coefficient (Wildman–Crippen LogP) is 0.956. The van der Waals surface area contributed by atoms with Gasteiger partial charge in [0.2, 0.25) is 11.8 Å². The van der Waals surface area contributed by atoms with Gasteiger partial charge in [-0.3, -0.25) is 0 Å². The van der Waals surface area contributed by atoms with E-state index in [0.717, 1.165) is 18.7 Å². The number of nitrogen functional groups attached to an aromatic ring is 1. The van der Waals surface area contributed by atoms with E-state index in [-0.39, 0.29) is 0 Å². The molecule has 0 atom stereocenters. The minimum Gasteiger partial charge on any atom is -0.471 e. The van der Waals surface area contributed by atoms with Crippen LogP contribution in [0.2, 0.25) is 0 Å². The molecule has 0 spiro atoms. The minimum atomic E-state index is 0.410. The van der Waals surface area contributed by atoms with Gasteiger partial charge in [-0.05, 0) is 5.56 Å². The van der Waals surface area contributed by atoms with Gasteiger partial charge in [-0.15, -0.1) is 0 Å². The second-order valence-electron chi connectivity index (χ2n) is 5.53. The fraction of sp³-hybridized carbons (Fsp3) is 0.312. The Labute approximate surface area is 138 Å². The molecule has 1 saturated heterocycles. The number of benzene rings is 1. The third kappa shape index (κ3) is 2.83. The van der Waals surface area contributed by atoms with Gasteiger partial charge < -0.3 is 20.2 Å². The molecule has 2 N–H and O–H groups in total. The standard InChI is InChI=1S/C16H18N6O2/c17-22-11-18-13-14(22)19-16(21-6-8-23-9-7-21)20-15(13)24-10-12-4-2-1-3-5-12/h1-5,11H,6-10,17H2. The molecule has 0 radical (unpaired) electrons. The Morgan fingerprint density at radius 2 is 1.92 bits per heavy atom. The normalized spacial score (nSPS) is 14.9. The topological polar surface area (TPSA) is 91.3 Å². The van der Waals surface area contributed by atoms with E-state index in [4.69, 9.17) is 15.3 Å². The van der Waals surface area contributed by atoms with E-state index in [1.807, 2.05) is 30.3 Å². The van der Waals surface area contributed by atoms with E-state index in [0.29, 0.717) is 42.8 Å². The first-order chi connectivity index (χ1) is 11.8. The Balaban J connectivity index is 1.67. The average Bonchev–Trinajstić information content (AvgIpc) is 3.02. The van der Waals surface area contributed by atoms with Crippen LogP contribution in [0.4, 0.5) is 5.95 Å². The summed E-state index contributed by atoms with van der Waals surface area (Å²) in [5.74, 6) is 6.94. The van der Waals surface area contributed by atoms with E-state index >= 15 is 0 Å². The van der Waals surface area contributed by atoms with Gasteiger partial charge in [-0.2, -0.15) is 9.97 Å². The summed E-state index contributed by atoms with van der Waals surface area (Å²) in [7, 11) is 0. The highest BCUT2D eigenvalue weighted by atomic mass is 16.5. The summed E-state index contributed by atoms with van der Waals surface area (Å²) in [6, 6.07) is 9.93. The van der Waals surface area contributed by atoms with Crippen molar-refractivity contribution in [1.29, 1.82) is 0 Å². The Morgan fingerprint density at radius 1 is 1.12 bits per heavy atom. The SMILES string of the molecule is Nn1cnc2c(OCc3ccccc3)nc(N3CCOCC3)nc21. The van der Waals surface area contributed by atoms with Crippen LogP contribution in [0.15, 0.2) is 36.7 Å². The van der Waals surface area contributed by atoms with Crippen LogP contribution in [-0.4, -0.2) is 45.9 Å². The molecule has 0 saturated carbocycles.